The van der Waals surface area contributed by atoms with E-state index in [1.54, 1.807) is 30.6 Å². The van der Waals surface area contributed by atoms with E-state index in [9.17, 15) is 9.18 Å². The molecule has 3 aliphatic rings. The number of ether oxygens (including phenoxy) is 1. The van der Waals surface area contributed by atoms with Crippen molar-refractivity contribution in [3.8, 4) is 5.75 Å². The van der Waals surface area contributed by atoms with Crippen LogP contribution in [-0.4, -0.2) is 52.8 Å². The van der Waals surface area contributed by atoms with Crippen molar-refractivity contribution in [1.29, 1.82) is 0 Å². The molecule has 2 aromatic carbocycles. The van der Waals surface area contributed by atoms with Crippen molar-refractivity contribution in [3.05, 3.63) is 94.4 Å². The normalized spacial score (nSPS) is 17.2. The summed E-state index contributed by atoms with van der Waals surface area (Å²) >= 11 is 5.95. The lowest BCUT2D eigenvalue weighted by Crippen LogP contribution is -2.29. The molecule has 0 atom stereocenters. The van der Waals surface area contributed by atoms with Gasteiger partial charge in [-0.2, -0.15) is 5.10 Å². The maximum absolute atomic E-state index is 14.3. The molecule has 0 unspecified atom stereocenters. The fourth-order valence-corrected chi connectivity index (χ4v) is 4.28. The Morgan fingerprint density at radius 3 is 2.74 bits per heavy atom. The molecule has 0 N–H and O–H groups in total. The molecule has 9 heteroatoms. The van der Waals surface area contributed by atoms with Gasteiger partial charge in [0.05, 0.1) is 29.7 Å². The molecule has 0 aromatic heterocycles. The highest BCUT2D eigenvalue weighted by Crippen LogP contribution is 2.28. The zero-order chi connectivity index (χ0) is 26.6. The third kappa shape index (κ3) is 6.26. The number of allylic oxidation sites excluding steroid dienone is 4. The quantitative estimate of drug-likeness (QED) is 0.407. The molecule has 5 rings (SSSR count). The van der Waals surface area contributed by atoms with Gasteiger partial charge < -0.3 is 9.64 Å². The molecule has 0 fully saturated rings. The number of benzene rings is 2. The third-order valence-corrected chi connectivity index (χ3v) is 6.25. The minimum atomic E-state index is -0.462. The highest BCUT2D eigenvalue weighted by atomic mass is 35.5. The summed E-state index contributed by atoms with van der Waals surface area (Å²) in [6.07, 6.45) is 9.25. The van der Waals surface area contributed by atoms with Crippen molar-refractivity contribution in [1.82, 2.24) is 9.91 Å². The number of aliphatic imine (C=N–C) groups is 2. The molecule has 0 saturated heterocycles. The van der Waals surface area contributed by atoms with Crippen LogP contribution >= 0.6 is 11.6 Å². The number of fused-ring (bicyclic) bond motifs is 1. The summed E-state index contributed by atoms with van der Waals surface area (Å²) < 4.78 is 19.8. The highest BCUT2D eigenvalue weighted by molar-refractivity contribution is 6.45. The van der Waals surface area contributed by atoms with Gasteiger partial charge in [-0.15, -0.1) is 0 Å². The number of carbonyl (C=O) groups excluding carboxylic acids is 1. The summed E-state index contributed by atoms with van der Waals surface area (Å²) in [6, 6.07) is 12.3. The van der Waals surface area contributed by atoms with Crippen LogP contribution in [0.2, 0.25) is 5.02 Å². The summed E-state index contributed by atoms with van der Waals surface area (Å²) in [7, 11) is 0. The highest BCUT2D eigenvalue weighted by Gasteiger charge is 2.22. The van der Waals surface area contributed by atoms with Crippen LogP contribution in [0, 0.1) is 5.82 Å². The van der Waals surface area contributed by atoms with E-state index in [0.717, 1.165) is 11.1 Å². The monoisotopic (exact) mass is 531 g/mol. The van der Waals surface area contributed by atoms with Crippen LogP contribution in [0.3, 0.4) is 0 Å². The van der Waals surface area contributed by atoms with E-state index in [0.29, 0.717) is 54.0 Å². The molecule has 0 spiro atoms. The Bertz CT molecular complexity index is 1420. The minimum absolute atomic E-state index is 0.0351. The fraction of sp³-hybridized carbons (Fsp3) is 0.241. The molecular weight excluding hydrogens is 505 g/mol. The largest absolute Gasteiger partial charge is 0.488 e. The van der Waals surface area contributed by atoms with Gasteiger partial charge in [0.1, 0.15) is 18.7 Å². The van der Waals surface area contributed by atoms with Gasteiger partial charge in [0, 0.05) is 29.6 Å². The van der Waals surface area contributed by atoms with Gasteiger partial charge >= 0.3 is 0 Å². The number of hydrogen-bond donors (Lipinski definition) is 0. The zero-order valence-corrected chi connectivity index (χ0v) is 21.9. The Balaban J connectivity index is 1.16. The van der Waals surface area contributed by atoms with E-state index < -0.39 is 5.82 Å². The average Bonchev–Trinajstić information content (AvgIpc) is 3.52. The van der Waals surface area contributed by atoms with E-state index in [1.807, 2.05) is 60.2 Å². The van der Waals surface area contributed by atoms with E-state index >= 15 is 0 Å². The van der Waals surface area contributed by atoms with Gasteiger partial charge in [0.15, 0.2) is 17.3 Å². The van der Waals surface area contributed by atoms with E-state index in [2.05, 4.69) is 15.1 Å². The Morgan fingerprint density at radius 2 is 1.97 bits per heavy atom. The first kappa shape index (κ1) is 25.6. The second-order valence-corrected chi connectivity index (χ2v) is 9.86. The number of Topliss-reactive ketones (excluding diaryl/α,β-unsaturated/α-hetero) is 1. The zero-order valence-electron chi connectivity index (χ0n) is 21.1. The molecule has 0 radical (unpaired) electrons. The first-order valence-corrected chi connectivity index (χ1v) is 12.8. The van der Waals surface area contributed by atoms with Crippen LogP contribution < -0.4 is 4.74 Å². The average molecular weight is 532 g/mol. The molecule has 0 bridgehead atoms. The Hall–Kier alpha value is -4.04. The lowest BCUT2D eigenvalue weighted by Gasteiger charge is -2.18. The summed E-state index contributed by atoms with van der Waals surface area (Å²) in [6.45, 7) is 5.52. The number of hydrazone groups is 1. The number of carbonyl (C=O) groups is 1. The summed E-state index contributed by atoms with van der Waals surface area (Å²) in [5, 5.41) is 7.06. The summed E-state index contributed by atoms with van der Waals surface area (Å²) in [5.74, 6) is -0.298. The Labute approximate surface area is 226 Å². The third-order valence-electron chi connectivity index (χ3n) is 6.00. The van der Waals surface area contributed by atoms with Gasteiger partial charge in [0.25, 0.3) is 0 Å². The van der Waals surface area contributed by atoms with Gasteiger partial charge in [-0.1, -0.05) is 29.8 Å². The smallest absolute Gasteiger partial charge is 0.182 e. The van der Waals surface area contributed by atoms with Crippen LogP contribution in [0.5, 0.6) is 5.75 Å². The van der Waals surface area contributed by atoms with Gasteiger partial charge in [0.2, 0.25) is 0 Å². The minimum Gasteiger partial charge on any atom is -0.488 e. The Kier molecular flexibility index (Phi) is 7.51. The summed E-state index contributed by atoms with van der Waals surface area (Å²) in [5.41, 5.74) is 4.17. The second kappa shape index (κ2) is 11.1. The van der Waals surface area contributed by atoms with Crippen LogP contribution in [0.4, 0.5) is 10.1 Å². The predicted octanol–water partition coefficient (Wildman–Crippen LogP) is 5.85. The lowest BCUT2D eigenvalue weighted by atomic mass is 10.0. The standard InChI is InChI=1S/C29H27ClFN5O2/c1-19(2)38-29-10-9-23(14-25(29)31)33-24-8-5-21-13-27(34-26(21)15-24)28(37)11-12-35-17-32-36(18-35)16-20-3-6-22(30)7-4-20/h3-10,13-15,17,19H,11-12,16,18H2,1-2H3. The maximum atomic E-state index is 14.3. The topological polar surface area (TPSA) is 69.9 Å². The van der Waals surface area contributed by atoms with Gasteiger partial charge in [-0.05, 0) is 61.9 Å². The molecule has 0 amide bonds. The molecule has 2 aromatic rings. The van der Waals surface area contributed by atoms with Crippen molar-refractivity contribution >= 4 is 40.8 Å². The van der Waals surface area contributed by atoms with E-state index in [1.165, 1.54) is 6.07 Å². The molecule has 38 heavy (non-hydrogen) atoms. The van der Waals surface area contributed by atoms with Gasteiger partial charge in [-0.3, -0.25) is 9.80 Å². The van der Waals surface area contributed by atoms with Crippen LogP contribution in [0.15, 0.2) is 93.1 Å². The van der Waals surface area contributed by atoms with E-state index in [-0.39, 0.29) is 17.6 Å². The SMILES string of the molecule is CC(C)Oc1ccc(N=C2C=CC3=CC(C(=O)CCN4C=NN(Cc5ccc(Cl)cc5)C4)=NC3=C2)cc1F. The van der Waals surface area contributed by atoms with E-state index in [4.69, 9.17) is 16.3 Å². The molecule has 194 valence electrons. The molecule has 1 aliphatic carbocycles. The maximum Gasteiger partial charge on any atom is 0.182 e. The molecule has 7 nitrogen and oxygen atoms in total. The lowest BCUT2D eigenvalue weighted by molar-refractivity contribution is -0.113. The number of nitrogens with zero attached hydrogens (tertiary/aromatic N) is 5. The van der Waals surface area contributed by atoms with Crippen molar-refractivity contribution in [3.63, 3.8) is 0 Å². The second-order valence-electron chi connectivity index (χ2n) is 9.43. The molecule has 2 heterocycles. The number of ketones is 1. The Morgan fingerprint density at radius 1 is 1.16 bits per heavy atom. The number of rotatable bonds is 9. The molecule has 2 aliphatic heterocycles. The summed E-state index contributed by atoms with van der Waals surface area (Å²) in [4.78, 5) is 23.9. The molecular formula is C29H27ClFN5O2. The van der Waals surface area contributed by atoms with Crippen LogP contribution in [0.25, 0.3) is 0 Å². The number of hydrogen-bond acceptors (Lipinski definition) is 7. The van der Waals surface area contributed by atoms with Crippen LogP contribution in [-0.2, 0) is 11.3 Å². The number of halogens is 2. The molecule has 0 saturated carbocycles. The fourth-order valence-electron chi connectivity index (χ4n) is 4.15. The van der Waals surface area contributed by atoms with Gasteiger partial charge in [-0.25, -0.2) is 14.4 Å². The predicted molar refractivity (Wildman–Crippen MR) is 149 cm³/mol. The van der Waals surface area contributed by atoms with Crippen molar-refractivity contribution < 1.29 is 13.9 Å². The van der Waals surface area contributed by atoms with Crippen molar-refractivity contribution in [2.45, 2.75) is 32.9 Å². The first-order chi connectivity index (χ1) is 18.3. The first-order valence-electron chi connectivity index (χ1n) is 12.4. The van der Waals surface area contributed by atoms with Crippen molar-refractivity contribution in [2.75, 3.05) is 13.2 Å². The van der Waals surface area contributed by atoms with Crippen molar-refractivity contribution in [2.24, 2.45) is 15.1 Å². The van der Waals surface area contributed by atoms with Crippen LogP contribution in [0.1, 0.15) is 25.8 Å².